The van der Waals surface area contributed by atoms with Gasteiger partial charge in [-0.2, -0.15) is 0 Å². The first-order valence-electron chi connectivity index (χ1n) is 9.55. The minimum absolute atomic E-state index is 0.0187. The van der Waals surface area contributed by atoms with Gasteiger partial charge < -0.3 is 20.5 Å². The van der Waals surface area contributed by atoms with Crippen LogP contribution in [-0.2, 0) is 14.3 Å². The lowest BCUT2D eigenvalue weighted by molar-refractivity contribution is -0.141. The fourth-order valence-corrected chi connectivity index (χ4v) is 3.51. The third kappa shape index (κ3) is 4.78. The number of benzene rings is 2. The number of terminal acetylenes is 1. The number of aliphatic carboxylic acids is 1. The summed E-state index contributed by atoms with van der Waals surface area (Å²) in [5.41, 5.74) is 4.50. The van der Waals surface area contributed by atoms with Gasteiger partial charge in [0.15, 0.2) is 0 Å². The Balaban J connectivity index is 1.48. The van der Waals surface area contributed by atoms with Gasteiger partial charge in [-0.25, -0.2) is 9.59 Å². The molecule has 2 aromatic rings. The highest BCUT2D eigenvalue weighted by atomic mass is 16.5. The van der Waals surface area contributed by atoms with Crippen molar-refractivity contribution in [2.45, 2.75) is 24.8 Å². The van der Waals surface area contributed by atoms with Crippen molar-refractivity contribution < 1.29 is 24.2 Å². The molecule has 2 amide bonds. The fraction of sp³-hybridized carbons (Fsp3) is 0.261. The number of hydrogen-bond donors (Lipinski definition) is 3. The molecule has 0 bridgehead atoms. The van der Waals surface area contributed by atoms with Crippen molar-refractivity contribution in [2.75, 3.05) is 13.2 Å². The van der Waals surface area contributed by atoms with Crippen molar-refractivity contribution in [2.24, 2.45) is 0 Å². The molecule has 0 heterocycles. The van der Waals surface area contributed by atoms with Crippen molar-refractivity contribution in [3.05, 3.63) is 59.7 Å². The summed E-state index contributed by atoms with van der Waals surface area (Å²) < 4.78 is 5.38. The summed E-state index contributed by atoms with van der Waals surface area (Å²) in [4.78, 5) is 34.9. The highest BCUT2D eigenvalue weighted by Crippen LogP contribution is 2.44. The Hall–Kier alpha value is -3.79. The van der Waals surface area contributed by atoms with E-state index in [0.717, 1.165) is 22.3 Å². The van der Waals surface area contributed by atoms with Crippen LogP contribution in [0.3, 0.4) is 0 Å². The molecule has 0 saturated carbocycles. The minimum Gasteiger partial charge on any atom is -0.480 e. The lowest BCUT2D eigenvalue weighted by Gasteiger charge is -2.15. The third-order valence-electron chi connectivity index (χ3n) is 4.92. The summed E-state index contributed by atoms with van der Waals surface area (Å²) in [6.45, 7) is 0.195. The zero-order valence-electron chi connectivity index (χ0n) is 16.3. The maximum Gasteiger partial charge on any atom is 0.407 e. The molecule has 1 unspecified atom stereocenters. The number of hydrogen-bond acceptors (Lipinski definition) is 4. The van der Waals surface area contributed by atoms with Crippen molar-refractivity contribution in [3.8, 4) is 23.5 Å². The molecule has 7 nitrogen and oxygen atoms in total. The minimum atomic E-state index is -1.20. The third-order valence-corrected chi connectivity index (χ3v) is 4.92. The first kappa shape index (κ1) is 20.9. The summed E-state index contributed by atoms with van der Waals surface area (Å²) in [5, 5.41) is 13.8. The number of fused-ring (bicyclic) bond motifs is 3. The molecule has 1 aliphatic rings. The molecule has 1 atom stereocenters. The summed E-state index contributed by atoms with van der Waals surface area (Å²) in [7, 11) is 0. The zero-order valence-corrected chi connectivity index (χ0v) is 16.3. The van der Waals surface area contributed by atoms with Gasteiger partial charge >= 0.3 is 12.1 Å². The Labute approximate surface area is 174 Å². The fourth-order valence-electron chi connectivity index (χ4n) is 3.51. The molecule has 0 aromatic heterocycles. The number of carboxylic acids is 1. The molecule has 1 aliphatic carbocycles. The van der Waals surface area contributed by atoms with Crippen molar-refractivity contribution in [3.63, 3.8) is 0 Å². The predicted molar refractivity (Wildman–Crippen MR) is 111 cm³/mol. The SMILES string of the molecule is C#CCC(NC(=O)CCNC(=O)OCC1c2ccccc2-c2ccccc21)C(=O)O. The number of alkyl carbamates (subject to hydrolysis) is 1. The quantitative estimate of drug-likeness (QED) is 0.585. The zero-order chi connectivity index (χ0) is 21.5. The monoisotopic (exact) mass is 406 g/mol. The number of amides is 2. The largest absolute Gasteiger partial charge is 0.480 e. The van der Waals surface area contributed by atoms with Crippen molar-refractivity contribution >= 4 is 18.0 Å². The maximum absolute atomic E-state index is 12.1. The van der Waals surface area contributed by atoms with Gasteiger partial charge in [0.2, 0.25) is 5.91 Å². The van der Waals surface area contributed by atoms with E-state index in [9.17, 15) is 14.4 Å². The van der Waals surface area contributed by atoms with Crippen LogP contribution in [0.4, 0.5) is 4.79 Å². The molecule has 7 heteroatoms. The molecule has 2 aromatic carbocycles. The second kappa shape index (κ2) is 9.61. The smallest absolute Gasteiger partial charge is 0.407 e. The Morgan fingerprint density at radius 3 is 2.23 bits per heavy atom. The summed E-state index contributed by atoms with van der Waals surface area (Å²) in [6, 6.07) is 14.9. The first-order chi connectivity index (χ1) is 14.5. The van der Waals surface area contributed by atoms with Crippen molar-refractivity contribution in [1.29, 1.82) is 0 Å². The Kier molecular flexibility index (Phi) is 6.71. The standard InChI is InChI=1S/C23H22N2O5/c1-2-7-20(22(27)28)25-21(26)12-13-24-23(29)30-14-19-17-10-5-3-8-15(17)16-9-4-6-11-18(16)19/h1,3-6,8-11,19-20H,7,12-14H2,(H,24,29)(H,25,26)(H,27,28). The van der Waals surface area contributed by atoms with E-state index in [0.29, 0.717) is 0 Å². The molecule has 0 fully saturated rings. The number of ether oxygens (including phenoxy) is 1. The van der Waals surface area contributed by atoms with E-state index in [1.165, 1.54) is 0 Å². The molecule has 3 rings (SSSR count). The van der Waals surface area contributed by atoms with Gasteiger partial charge in [0.05, 0.1) is 0 Å². The Morgan fingerprint density at radius 2 is 1.67 bits per heavy atom. The average molecular weight is 406 g/mol. The van der Waals surface area contributed by atoms with Gasteiger partial charge in [-0.1, -0.05) is 48.5 Å². The van der Waals surface area contributed by atoms with E-state index in [4.69, 9.17) is 16.3 Å². The molecule has 0 spiro atoms. The van der Waals surface area contributed by atoms with Crippen LogP contribution in [0.1, 0.15) is 29.9 Å². The highest BCUT2D eigenvalue weighted by molar-refractivity contribution is 5.84. The lowest BCUT2D eigenvalue weighted by atomic mass is 9.98. The van der Waals surface area contributed by atoms with Gasteiger partial charge in [-0.3, -0.25) is 4.79 Å². The van der Waals surface area contributed by atoms with Crippen LogP contribution in [0.5, 0.6) is 0 Å². The average Bonchev–Trinajstić information content (AvgIpc) is 3.06. The van der Waals surface area contributed by atoms with Crippen LogP contribution >= 0.6 is 0 Å². The van der Waals surface area contributed by atoms with Gasteiger partial charge in [0, 0.05) is 25.3 Å². The van der Waals surface area contributed by atoms with E-state index in [1.54, 1.807) is 0 Å². The van der Waals surface area contributed by atoms with Gasteiger partial charge in [0.25, 0.3) is 0 Å². The van der Waals surface area contributed by atoms with Crippen LogP contribution in [0, 0.1) is 12.3 Å². The second-order valence-electron chi connectivity index (χ2n) is 6.87. The molecule has 3 N–H and O–H groups in total. The van der Waals surface area contributed by atoms with E-state index in [1.807, 2.05) is 36.4 Å². The second-order valence-corrected chi connectivity index (χ2v) is 6.87. The Bertz CT molecular complexity index is 950. The molecular formula is C23H22N2O5. The van der Waals surface area contributed by atoms with E-state index >= 15 is 0 Å². The van der Waals surface area contributed by atoms with Crippen LogP contribution in [-0.4, -0.2) is 42.3 Å². The lowest BCUT2D eigenvalue weighted by Crippen LogP contribution is -2.41. The number of rotatable bonds is 8. The van der Waals surface area contributed by atoms with Crippen LogP contribution in [0.2, 0.25) is 0 Å². The number of carbonyl (C=O) groups excluding carboxylic acids is 2. The van der Waals surface area contributed by atoms with Crippen LogP contribution in [0.25, 0.3) is 11.1 Å². The van der Waals surface area contributed by atoms with Crippen LogP contribution < -0.4 is 10.6 Å². The van der Waals surface area contributed by atoms with Crippen LogP contribution in [0.15, 0.2) is 48.5 Å². The number of nitrogens with one attached hydrogen (secondary N) is 2. The molecular weight excluding hydrogens is 384 g/mol. The number of carboxylic acid groups (broad SMARTS) is 1. The first-order valence-corrected chi connectivity index (χ1v) is 9.55. The maximum atomic E-state index is 12.1. The Morgan fingerprint density at radius 1 is 1.07 bits per heavy atom. The molecule has 0 aliphatic heterocycles. The van der Waals surface area contributed by atoms with Gasteiger partial charge in [-0.15, -0.1) is 12.3 Å². The topological polar surface area (TPSA) is 105 Å². The van der Waals surface area contributed by atoms with Crippen molar-refractivity contribution in [1.82, 2.24) is 10.6 Å². The summed E-state index contributed by atoms with van der Waals surface area (Å²) >= 11 is 0. The van der Waals surface area contributed by atoms with E-state index in [2.05, 4.69) is 28.7 Å². The molecule has 154 valence electrons. The van der Waals surface area contributed by atoms with E-state index in [-0.39, 0.29) is 31.9 Å². The highest BCUT2D eigenvalue weighted by Gasteiger charge is 2.29. The normalized spacial score (nSPS) is 12.8. The van der Waals surface area contributed by atoms with E-state index < -0.39 is 24.0 Å². The predicted octanol–water partition coefficient (Wildman–Crippen LogP) is 2.51. The molecule has 0 saturated heterocycles. The number of carbonyl (C=O) groups is 3. The summed E-state index contributed by atoms with van der Waals surface area (Å²) in [6.07, 6.45) is 4.26. The van der Waals surface area contributed by atoms with Gasteiger partial charge in [0.1, 0.15) is 12.6 Å². The summed E-state index contributed by atoms with van der Waals surface area (Å²) in [5.74, 6) is 0.432. The molecule has 30 heavy (non-hydrogen) atoms. The van der Waals surface area contributed by atoms with Gasteiger partial charge in [-0.05, 0) is 22.3 Å². The molecule has 0 radical (unpaired) electrons.